The van der Waals surface area contributed by atoms with Crippen molar-refractivity contribution in [2.24, 2.45) is 5.92 Å². The number of furan rings is 1. The Morgan fingerprint density at radius 2 is 2.04 bits per heavy atom. The summed E-state index contributed by atoms with van der Waals surface area (Å²) in [6.07, 6.45) is 3.74. The molecular formula is C18H24N4O3. The molecule has 134 valence electrons. The Morgan fingerprint density at radius 1 is 1.24 bits per heavy atom. The average molecular weight is 344 g/mol. The summed E-state index contributed by atoms with van der Waals surface area (Å²) in [6, 6.07) is 0. The van der Waals surface area contributed by atoms with Crippen molar-refractivity contribution >= 4 is 22.8 Å². The second-order valence-electron chi connectivity index (χ2n) is 7.01. The Labute approximate surface area is 147 Å². The van der Waals surface area contributed by atoms with Crippen molar-refractivity contribution in [3.63, 3.8) is 0 Å². The first-order valence-corrected chi connectivity index (χ1v) is 9.01. The van der Waals surface area contributed by atoms with Crippen LogP contribution in [-0.2, 0) is 4.74 Å². The van der Waals surface area contributed by atoms with Gasteiger partial charge in [0.1, 0.15) is 17.9 Å². The van der Waals surface area contributed by atoms with Crippen LogP contribution in [0.15, 0.2) is 10.7 Å². The number of carbonyl (C=O) groups excluding carboxylic acids is 1. The zero-order valence-corrected chi connectivity index (χ0v) is 14.8. The Bertz CT molecular complexity index is 782. The summed E-state index contributed by atoms with van der Waals surface area (Å²) >= 11 is 0. The minimum atomic E-state index is 0.0344. The average Bonchev–Trinajstić information content (AvgIpc) is 2.97. The highest BCUT2D eigenvalue weighted by Crippen LogP contribution is 2.33. The van der Waals surface area contributed by atoms with E-state index in [2.05, 4.69) is 21.8 Å². The molecule has 25 heavy (non-hydrogen) atoms. The first-order chi connectivity index (χ1) is 12.1. The summed E-state index contributed by atoms with van der Waals surface area (Å²) in [5.74, 6) is 1.96. The van der Waals surface area contributed by atoms with Gasteiger partial charge in [0.25, 0.3) is 5.91 Å². The van der Waals surface area contributed by atoms with Crippen molar-refractivity contribution in [3.05, 3.63) is 17.7 Å². The highest BCUT2D eigenvalue weighted by Gasteiger charge is 2.30. The lowest BCUT2D eigenvalue weighted by atomic mass is 9.99. The minimum absolute atomic E-state index is 0.0344. The molecule has 4 rings (SSSR count). The van der Waals surface area contributed by atoms with Crippen molar-refractivity contribution in [1.82, 2.24) is 14.9 Å². The van der Waals surface area contributed by atoms with Crippen molar-refractivity contribution in [2.45, 2.75) is 26.7 Å². The number of aryl methyl sites for hydroxylation is 1. The second-order valence-corrected chi connectivity index (χ2v) is 7.01. The van der Waals surface area contributed by atoms with Gasteiger partial charge in [-0.05, 0) is 25.7 Å². The molecule has 0 aromatic carbocycles. The first kappa shape index (κ1) is 16.3. The Hall–Kier alpha value is -2.15. The molecule has 0 spiro atoms. The number of anilines is 1. The fourth-order valence-corrected chi connectivity index (χ4v) is 3.83. The van der Waals surface area contributed by atoms with Gasteiger partial charge in [-0.25, -0.2) is 9.97 Å². The number of ether oxygens (including phenoxy) is 1. The topological polar surface area (TPSA) is 71.7 Å². The highest BCUT2D eigenvalue weighted by atomic mass is 16.5. The van der Waals surface area contributed by atoms with Crippen LogP contribution in [0.5, 0.6) is 0 Å². The van der Waals surface area contributed by atoms with Crippen molar-refractivity contribution < 1.29 is 13.9 Å². The third kappa shape index (κ3) is 2.97. The predicted molar refractivity (Wildman–Crippen MR) is 93.9 cm³/mol. The number of amides is 1. The number of likely N-dealkylation sites (tertiary alicyclic amines) is 1. The molecule has 0 saturated carbocycles. The van der Waals surface area contributed by atoms with E-state index in [1.807, 2.05) is 11.8 Å². The van der Waals surface area contributed by atoms with Crippen LogP contribution < -0.4 is 4.90 Å². The SMILES string of the molecule is Cc1oc2ncnc(N3CCOCC3)c2c1C(=O)N1CCCC(C)C1. The molecule has 2 aliphatic rings. The largest absolute Gasteiger partial charge is 0.442 e. The molecule has 7 nitrogen and oxygen atoms in total. The summed E-state index contributed by atoms with van der Waals surface area (Å²) < 4.78 is 11.3. The Balaban J connectivity index is 1.77. The lowest BCUT2D eigenvalue weighted by molar-refractivity contribution is 0.0683. The van der Waals surface area contributed by atoms with Crippen LogP contribution in [-0.4, -0.2) is 60.2 Å². The van der Waals surface area contributed by atoms with Gasteiger partial charge in [-0.15, -0.1) is 0 Å². The third-order valence-electron chi connectivity index (χ3n) is 5.11. The van der Waals surface area contributed by atoms with E-state index < -0.39 is 0 Å². The number of carbonyl (C=O) groups is 1. The number of piperidine rings is 1. The van der Waals surface area contributed by atoms with E-state index in [1.54, 1.807) is 0 Å². The lowest BCUT2D eigenvalue weighted by Gasteiger charge is -2.31. The third-order valence-corrected chi connectivity index (χ3v) is 5.11. The van der Waals surface area contributed by atoms with Gasteiger partial charge < -0.3 is 19.0 Å². The summed E-state index contributed by atoms with van der Waals surface area (Å²) in [5.41, 5.74) is 1.11. The van der Waals surface area contributed by atoms with Gasteiger partial charge in [-0.3, -0.25) is 4.79 Å². The van der Waals surface area contributed by atoms with Crippen molar-refractivity contribution in [3.8, 4) is 0 Å². The van der Waals surface area contributed by atoms with E-state index in [9.17, 15) is 4.79 Å². The van der Waals surface area contributed by atoms with E-state index in [0.717, 1.165) is 43.8 Å². The molecule has 7 heteroatoms. The number of rotatable bonds is 2. The fourth-order valence-electron chi connectivity index (χ4n) is 3.83. The molecule has 2 aromatic rings. The first-order valence-electron chi connectivity index (χ1n) is 9.01. The molecule has 1 unspecified atom stereocenters. The molecule has 1 atom stereocenters. The summed E-state index contributed by atoms with van der Waals surface area (Å²) in [6.45, 7) is 8.47. The second kappa shape index (κ2) is 6.63. The smallest absolute Gasteiger partial charge is 0.258 e. The molecule has 0 aliphatic carbocycles. The molecule has 4 heterocycles. The summed E-state index contributed by atoms with van der Waals surface area (Å²) in [7, 11) is 0. The Morgan fingerprint density at radius 3 is 2.80 bits per heavy atom. The molecule has 0 radical (unpaired) electrons. The molecule has 0 bridgehead atoms. The lowest BCUT2D eigenvalue weighted by Crippen LogP contribution is -2.39. The van der Waals surface area contributed by atoms with Crippen molar-refractivity contribution in [1.29, 1.82) is 0 Å². The van der Waals surface area contributed by atoms with E-state index in [-0.39, 0.29) is 5.91 Å². The van der Waals surface area contributed by atoms with Crippen LogP contribution >= 0.6 is 0 Å². The number of aromatic nitrogens is 2. The molecule has 2 saturated heterocycles. The van der Waals surface area contributed by atoms with E-state index in [0.29, 0.717) is 36.2 Å². The van der Waals surface area contributed by atoms with Crippen LogP contribution in [0.25, 0.3) is 11.1 Å². The predicted octanol–water partition coefficient (Wildman–Crippen LogP) is 2.24. The van der Waals surface area contributed by atoms with Gasteiger partial charge in [0.2, 0.25) is 5.71 Å². The number of fused-ring (bicyclic) bond motifs is 1. The van der Waals surface area contributed by atoms with Gasteiger partial charge in [-0.1, -0.05) is 6.92 Å². The molecule has 2 aromatic heterocycles. The number of morpholine rings is 1. The minimum Gasteiger partial charge on any atom is -0.442 e. The van der Waals surface area contributed by atoms with E-state index in [1.165, 1.54) is 12.7 Å². The fraction of sp³-hybridized carbons (Fsp3) is 0.611. The number of hydrogen-bond donors (Lipinski definition) is 0. The Kier molecular flexibility index (Phi) is 4.33. The summed E-state index contributed by atoms with van der Waals surface area (Å²) in [5, 5.41) is 0.741. The zero-order chi connectivity index (χ0) is 17.4. The number of nitrogens with zero attached hydrogens (tertiary/aromatic N) is 4. The van der Waals surface area contributed by atoms with Gasteiger partial charge in [0.05, 0.1) is 24.2 Å². The molecule has 2 aliphatic heterocycles. The van der Waals surface area contributed by atoms with Crippen LogP contribution in [0.4, 0.5) is 5.82 Å². The van der Waals surface area contributed by atoms with Gasteiger partial charge in [-0.2, -0.15) is 0 Å². The zero-order valence-electron chi connectivity index (χ0n) is 14.8. The maximum Gasteiger partial charge on any atom is 0.258 e. The summed E-state index contributed by atoms with van der Waals surface area (Å²) in [4.78, 5) is 26.1. The quantitative estimate of drug-likeness (QED) is 0.832. The molecule has 2 fully saturated rings. The van der Waals surface area contributed by atoms with Gasteiger partial charge >= 0.3 is 0 Å². The van der Waals surface area contributed by atoms with E-state index >= 15 is 0 Å². The maximum absolute atomic E-state index is 13.2. The van der Waals surface area contributed by atoms with Crippen LogP contribution in [0.1, 0.15) is 35.9 Å². The van der Waals surface area contributed by atoms with Crippen LogP contribution in [0.2, 0.25) is 0 Å². The van der Waals surface area contributed by atoms with Crippen LogP contribution in [0.3, 0.4) is 0 Å². The standard InChI is InChI=1S/C18H24N4O3/c1-12-4-3-5-22(10-12)18(23)14-13(2)25-17-15(14)16(19-11-20-17)21-6-8-24-9-7-21/h11-12H,3-10H2,1-2H3. The maximum atomic E-state index is 13.2. The van der Waals surface area contributed by atoms with Crippen molar-refractivity contribution in [2.75, 3.05) is 44.3 Å². The number of hydrogen-bond acceptors (Lipinski definition) is 6. The monoisotopic (exact) mass is 344 g/mol. The molecular weight excluding hydrogens is 320 g/mol. The van der Waals surface area contributed by atoms with Crippen LogP contribution in [0, 0.1) is 12.8 Å². The molecule has 0 N–H and O–H groups in total. The van der Waals surface area contributed by atoms with Gasteiger partial charge in [0, 0.05) is 26.2 Å². The highest BCUT2D eigenvalue weighted by molar-refractivity contribution is 6.10. The normalized spacial score (nSPS) is 21.8. The van der Waals surface area contributed by atoms with Gasteiger partial charge in [0.15, 0.2) is 0 Å². The molecule has 1 amide bonds. The van der Waals surface area contributed by atoms with E-state index in [4.69, 9.17) is 9.15 Å².